The minimum atomic E-state index is -4.55. The van der Waals surface area contributed by atoms with Crippen molar-refractivity contribution in [2.45, 2.75) is 32.6 Å². The fourth-order valence-electron chi connectivity index (χ4n) is 1.91. The maximum Gasteiger partial charge on any atom is 0.453 e. The molecule has 0 aliphatic carbocycles. The number of aromatic nitrogens is 3. The monoisotopic (exact) mass is 248 g/mol. The van der Waals surface area contributed by atoms with Gasteiger partial charge in [-0.05, 0) is 6.92 Å². The van der Waals surface area contributed by atoms with E-state index in [-0.39, 0.29) is 18.3 Å². The number of amides is 1. The first kappa shape index (κ1) is 11.9. The molecule has 5 nitrogen and oxygen atoms in total. The summed E-state index contributed by atoms with van der Waals surface area (Å²) in [5, 5.41) is 3.41. The molecule has 0 spiro atoms. The maximum absolute atomic E-state index is 12.4. The Labute approximate surface area is 95.2 Å². The molecule has 1 aromatic rings. The molecular weight excluding hydrogens is 237 g/mol. The van der Waals surface area contributed by atoms with Crippen LogP contribution in [0.1, 0.15) is 31.5 Å². The van der Waals surface area contributed by atoms with Gasteiger partial charge in [-0.3, -0.25) is 4.79 Å². The van der Waals surface area contributed by atoms with Crippen LogP contribution in [-0.2, 0) is 17.5 Å². The fraction of sp³-hybridized carbons (Fsp3) is 0.667. The van der Waals surface area contributed by atoms with Crippen molar-refractivity contribution in [3.8, 4) is 0 Å². The zero-order valence-electron chi connectivity index (χ0n) is 9.32. The molecule has 0 saturated carbocycles. The smallest absolute Gasteiger partial charge is 0.331 e. The van der Waals surface area contributed by atoms with E-state index in [1.54, 1.807) is 6.92 Å². The Hall–Kier alpha value is -1.60. The Morgan fingerprint density at radius 2 is 2.06 bits per heavy atom. The molecule has 0 saturated heterocycles. The van der Waals surface area contributed by atoms with Crippen LogP contribution in [0, 0.1) is 0 Å². The largest absolute Gasteiger partial charge is 0.453 e. The summed E-state index contributed by atoms with van der Waals surface area (Å²) < 4.78 is 38.5. The molecule has 0 N–H and O–H groups in total. The predicted octanol–water partition coefficient (Wildman–Crippen LogP) is 1.22. The van der Waals surface area contributed by atoms with Gasteiger partial charge in [0.2, 0.25) is 5.91 Å². The number of carbonyl (C=O) groups excluding carboxylic acids is 1. The quantitative estimate of drug-likeness (QED) is 0.693. The Morgan fingerprint density at radius 1 is 1.41 bits per heavy atom. The van der Waals surface area contributed by atoms with Gasteiger partial charge in [0.05, 0.1) is 12.6 Å². The number of hydrogen-bond acceptors (Lipinski definition) is 3. The summed E-state index contributed by atoms with van der Waals surface area (Å²) in [6, 6.07) is -0.482. The van der Waals surface area contributed by atoms with E-state index >= 15 is 0 Å². The van der Waals surface area contributed by atoms with E-state index < -0.39 is 18.0 Å². The highest BCUT2D eigenvalue weighted by molar-refractivity contribution is 5.73. The highest BCUT2D eigenvalue weighted by Gasteiger charge is 2.39. The normalized spacial score (nSPS) is 20.3. The first-order valence-electron chi connectivity index (χ1n) is 5.10. The van der Waals surface area contributed by atoms with E-state index in [0.29, 0.717) is 6.54 Å². The summed E-state index contributed by atoms with van der Waals surface area (Å²) in [5.74, 6) is -1.15. The van der Waals surface area contributed by atoms with Crippen LogP contribution in [0.5, 0.6) is 0 Å². The molecule has 2 heterocycles. The van der Waals surface area contributed by atoms with Crippen LogP contribution in [-0.4, -0.2) is 32.1 Å². The van der Waals surface area contributed by atoms with E-state index in [1.165, 1.54) is 16.5 Å². The first-order valence-corrected chi connectivity index (χ1v) is 5.10. The van der Waals surface area contributed by atoms with Gasteiger partial charge in [0.25, 0.3) is 5.82 Å². The standard InChI is InChI=1S/C9H11F3N4O/c1-5-7-13-8(9(10,11)12)14-16(7)4-3-15(5)6(2)17/h5H,3-4H2,1-2H3. The van der Waals surface area contributed by atoms with Crippen molar-refractivity contribution in [2.24, 2.45) is 0 Å². The molecule has 0 aromatic carbocycles. The molecule has 2 rings (SSSR count). The van der Waals surface area contributed by atoms with Crippen LogP contribution in [0.3, 0.4) is 0 Å². The summed E-state index contributed by atoms with van der Waals surface area (Å²) in [5.41, 5.74) is 0. The molecule has 1 unspecified atom stereocenters. The molecule has 0 radical (unpaired) electrons. The number of hydrogen-bond donors (Lipinski definition) is 0. The Kier molecular flexibility index (Phi) is 2.59. The van der Waals surface area contributed by atoms with E-state index in [9.17, 15) is 18.0 Å². The summed E-state index contributed by atoms with van der Waals surface area (Å²) in [6.45, 7) is 3.61. The average molecular weight is 248 g/mol. The van der Waals surface area contributed by atoms with E-state index in [4.69, 9.17) is 0 Å². The van der Waals surface area contributed by atoms with Gasteiger partial charge in [-0.25, -0.2) is 9.67 Å². The second-order valence-corrected chi connectivity index (χ2v) is 3.90. The van der Waals surface area contributed by atoms with Gasteiger partial charge in [-0.2, -0.15) is 13.2 Å². The molecule has 8 heteroatoms. The SMILES string of the molecule is CC(=O)N1CCn2nc(C(F)(F)F)nc2C1C. The zero-order valence-corrected chi connectivity index (χ0v) is 9.32. The van der Waals surface area contributed by atoms with Gasteiger partial charge in [-0.15, -0.1) is 5.10 Å². The second kappa shape index (κ2) is 3.71. The third-order valence-corrected chi connectivity index (χ3v) is 2.75. The first-order chi connectivity index (χ1) is 7.80. The molecule has 1 aromatic heterocycles. The van der Waals surface area contributed by atoms with Crippen LogP contribution < -0.4 is 0 Å². The number of halogens is 3. The minimum absolute atomic E-state index is 0.179. The van der Waals surface area contributed by atoms with Gasteiger partial charge < -0.3 is 4.90 Å². The molecule has 1 aliphatic rings. The Balaban J connectivity index is 2.37. The number of nitrogens with zero attached hydrogens (tertiary/aromatic N) is 4. The lowest BCUT2D eigenvalue weighted by Crippen LogP contribution is -2.40. The number of carbonyl (C=O) groups is 1. The average Bonchev–Trinajstić information content (AvgIpc) is 2.61. The lowest BCUT2D eigenvalue weighted by molar-refractivity contribution is -0.145. The molecule has 94 valence electrons. The molecule has 1 atom stereocenters. The third kappa shape index (κ3) is 1.98. The molecule has 0 fully saturated rings. The lowest BCUT2D eigenvalue weighted by Gasteiger charge is -2.31. The number of rotatable bonds is 0. The maximum atomic E-state index is 12.4. The van der Waals surface area contributed by atoms with E-state index in [0.717, 1.165) is 0 Å². The van der Waals surface area contributed by atoms with Crippen molar-refractivity contribution in [2.75, 3.05) is 6.54 Å². The predicted molar refractivity (Wildman–Crippen MR) is 50.8 cm³/mol. The van der Waals surface area contributed by atoms with Crippen LogP contribution in [0.4, 0.5) is 13.2 Å². The van der Waals surface area contributed by atoms with Gasteiger partial charge in [0.1, 0.15) is 5.82 Å². The molecule has 1 aliphatic heterocycles. The summed E-state index contributed by atoms with van der Waals surface area (Å²) >= 11 is 0. The minimum Gasteiger partial charge on any atom is -0.331 e. The number of alkyl halides is 3. The van der Waals surface area contributed by atoms with Gasteiger partial charge in [0.15, 0.2) is 0 Å². The lowest BCUT2D eigenvalue weighted by atomic mass is 10.2. The fourth-order valence-corrected chi connectivity index (χ4v) is 1.91. The van der Waals surface area contributed by atoms with Gasteiger partial charge in [0, 0.05) is 13.5 Å². The van der Waals surface area contributed by atoms with E-state index in [2.05, 4.69) is 10.1 Å². The summed E-state index contributed by atoms with van der Waals surface area (Å²) in [6.07, 6.45) is -4.55. The van der Waals surface area contributed by atoms with E-state index in [1.807, 2.05) is 0 Å². The second-order valence-electron chi connectivity index (χ2n) is 3.90. The van der Waals surface area contributed by atoms with Crippen molar-refractivity contribution in [3.63, 3.8) is 0 Å². The Bertz CT molecular complexity index is 454. The summed E-state index contributed by atoms with van der Waals surface area (Å²) in [4.78, 5) is 16.2. The summed E-state index contributed by atoms with van der Waals surface area (Å²) in [7, 11) is 0. The van der Waals surface area contributed by atoms with Crippen LogP contribution >= 0.6 is 0 Å². The van der Waals surface area contributed by atoms with Crippen molar-refractivity contribution < 1.29 is 18.0 Å². The van der Waals surface area contributed by atoms with Crippen molar-refractivity contribution >= 4 is 5.91 Å². The van der Waals surface area contributed by atoms with Crippen LogP contribution in [0.15, 0.2) is 0 Å². The number of fused-ring (bicyclic) bond motifs is 1. The highest BCUT2D eigenvalue weighted by atomic mass is 19.4. The van der Waals surface area contributed by atoms with Crippen LogP contribution in [0.2, 0.25) is 0 Å². The van der Waals surface area contributed by atoms with Gasteiger partial charge in [-0.1, -0.05) is 0 Å². The molecular formula is C9H11F3N4O. The van der Waals surface area contributed by atoms with Gasteiger partial charge >= 0.3 is 6.18 Å². The third-order valence-electron chi connectivity index (χ3n) is 2.75. The zero-order chi connectivity index (χ0) is 12.8. The molecule has 1 amide bonds. The van der Waals surface area contributed by atoms with Crippen molar-refractivity contribution in [3.05, 3.63) is 11.6 Å². The Morgan fingerprint density at radius 3 is 2.59 bits per heavy atom. The highest BCUT2D eigenvalue weighted by Crippen LogP contribution is 2.30. The molecule has 0 bridgehead atoms. The van der Waals surface area contributed by atoms with Crippen molar-refractivity contribution in [1.29, 1.82) is 0 Å². The molecule has 17 heavy (non-hydrogen) atoms. The van der Waals surface area contributed by atoms with Crippen molar-refractivity contribution in [1.82, 2.24) is 19.7 Å². The topological polar surface area (TPSA) is 51.0 Å². The van der Waals surface area contributed by atoms with Crippen LogP contribution in [0.25, 0.3) is 0 Å².